The number of hydrogen-bond acceptors (Lipinski definition) is 14. The zero-order chi connectivity index (χ0) is 68.6. The molecule has 1 saturated carbocycles. The number of anilines is 1. The average molecular weight is 1440 g/mol. The van der Waals surface area contributed by atoms with Crippen LogP contribution in [-0.2, 0) is 14.0 Å². The quantitative estimate of drug-likeness (QED) is 0.102. The summed E-state index contributed by atoms with van der Waals surface area (Å²) in [6, 6.07) is 49.0. The van der Waals surface area contributed by atoms with Gasteiger partial charge in [-0.25, -0.2) is 33.3 Å². The van der Waals surface area contributed by atoms with E-state index in [9.17, 15) is 4.79 Å². The molecule has 0 amide bonds. The van der Waals surface area contributed by atoms with Gasteiger partial charge in [-0.2, -0.15) is 20.4 Å². The molecule has 12 aromatic rings. The van der Waals surface area contributed by atoms with Crippen molar-refractivity contribution in [1.29, 1.82) is 0 Å². The number of benzene rings is 4. The smallest absolute Gasteiger partial charge is 0.465 e. The van der Waals surface area contributed by atoms with Crippen LogP contribution in [0.4, 0.5) is 5.82 Å². The van der Waals surface area contributed by atoms with Gasteiger partial charge in [-0.3, -0.25) is 5.10 Å². The first-order valence-corrected chi connectivity index (χ1v) is 35.3. The molecular formula is C76H82BBr2N13O4S. The Kier molecular flexibility index (Phi) is 20.2. The molecule has 8 aromatic heterocycles. The number of fused-ring (bicyclic) bond motifs is 3. The highest BCUT2D eigenvalue weighted by molar-refractivity contribution is 9.10. The van der Waals surface area contributed by atoms with Crippen molar-refractivity contribution >= 4 is 90.1 Å². The Balaban J connectivity index is 0.000000134. The van der Waals surface area contributed by atoms with Gasteiger partial charge in [-0.05, 0) is 184 Å². The number of carbonyl (C=O) groups is 1. The van der Waals surface area contributed by atoms with E-state index >= 15 is 0 Å². The summed E-state index contributed by atoms with van der Waals surface area (Å²) in [4.78, 5) is 30.9. The Morgan fingerprint density at radius 2 is 1.04 bits per heavy atom. The Morgan fingerprint density at radius 1 is 0.608 bits per heavy atom. The number of nitrogens with two attached hydrogens (primary N) is 1. The minimum Gasteiger partial charge on any atom is -0.465 e. The van der Waals surface area contributed by atoms with Crippen LogP contribution in [0.1, 0.15) is 116 Å². The molecule has 97 heavy (non-hydrogen) atoms. The summed E-state index contributed by atoms with van der Waals surface area (Å²) in [5.41, 5.74) is 27.8. The number of aromatic nitrogens is 11. The molecule has 21 heteroatoms. The maximum absolute atomic E-state index is 13.0. The van der Waals surface area contributed by atoms with Crippen LogP contribution in [0.2, 0.25) is 0 Å². The molecule has 498 valence electrons. The van der Waals surface area contributed by atoms with Crippen LogP contribution < -0.4 is 11.2 Å². The van der Waals surface area contributed by atoms with Crippen LogP contribution in [0.15, 0.2) is 160 Å². The minimum atomic E-state index is -0.346. The number of aryl methyl sites for hydroxylation is 6. The number of thiophene rings is 1. The molecule has 10 heterocycles. The van der Waals surface area contributed by atoms with Gasteiger partial charge in [0.1, 0.15) is 10.7 Å². The van der Waals surface area contributed by atoms with Crippen molar-refractivity contribution in [3.63, 3.8) is 0 Å². The highest BCUT2D eigenvalue weighted by Crippen LogP contribution is 2.44. The number of likely N-dealkylation sites (N-methyl/N-ethyl adjacent to an activating group) is 1. The van der Waals surface area contributed by atoms with Crippen LogP contribution >= 0.6 is 43.2 Å². The fourth-order valence-electron chi connectivity index (χ4n) is 12.8. The predicted molar refractivity (Wildman–Crippen MR) is 398 cm³/mol. The normalized spacial score (nSPS) is 16.8. The monoisotopic (exact) mass is 1440 g/mol. The van der Waals surface area contributed by atoms with Crippen LogP contribution in [0, 0.1) is 53.4 Å². The standard InChI is InChI=1S/C33H38N4O2S.C20H24BN3O2.C14H12BrN3.C9H8BrN3/c1-20-6-8-23(9-7-20)28-19-36(4)15-14-26(28)27-17-30(40-32(27)33(38)39-5)25-12-10-24(11-13-25)29-18-31-34-21(2)16-22(3)37(31)35-29;1-13-11-14(2)24-18(22-13)12-17(23-24)15-7-9-16(10-8-15)21-25-19(3,4)20(5,6)26-21;1-9-7-10(2)18-14(16-9)8-13(17-18)11-3-5-12(15)6-4-11;10-7-3-1-6(2-4-7)8-5-9(11)13-12-8/h10-13,16-18,20,23H,6-9,14-15,19H2,1-5H3;7-12H,1-6H3;3-8H,1-2H3;1-5H,(H3,11,12,13). The lowest BCUT2D eigenvalue weighted by Crippen LogP contribution is -2.41. The van der Waals surface area contributed by atoms with E-state index in [2.05, 4.69) is 163 Å². The Morgan fingerprint density at radius 3 is 1.48 bits per heavy atom. The first kappa shape index (κ1) is 68.5. The highest BCUT2D eigenvalue weighted by atomic mass is 79.9. The molecule has 0 atom stereocenters. The molecule has 17 nitrogen and oxygen atoms in total. The summed E-state index contributed by atoms with van der Waals surface area (Å²) < 4.78 is 25.3. The van der Waals surface area contributed by atoms with Gasteiger partial charge in [0.2, 0.25) is 0 Å². The summed E-state index contributed by atoms with van der Waals surface area (Å²) in [7, 11) is 3.35. The largest absolute Gasteiger partial charge is 0.494 e. The molecule has 2 aliphatic heterocycles. The first-order valence-electron chi connectivity index (χ1n) is 32.9. The molecule has 0 unspecified atom stereocenters. The number of methoxy groups -OCH3 is 1. The van der Waals surface area contributed by atoms with Crippen molar-refractivity contribution in [2.45, 2.75) is 119 Å². The molecule has 0 spiro atoms. The number of carbonyl (C=O) groups excluding carboxylic acids is 1. The van der Waals surface area contributed by atoms with E-state index in [0.29, 0.717) is 11.7 Å². The van der Waals surface area contributed by atoms with Crippen LogP contribution in [-0.4, -0.2) is 110 Å². The van der Waals surface area contributed by atoms with Crippen molar-refractivity contribution in [3.8, 4) is 55.5 Å². The van der Waals surface area contributed by atoms with Crippen molar-refractivity contribution in [1.82, 2.24) is 58.9 Å². The predicted octanol–water partition coefficient (Wildman–Crippen LogP) is 17.0. The summed E-state index contributed by atoms with van der Waals surface area (Å²) in [5.74, 6) is 1.69. The van der Waals surface area contributed by atoms with E-state index in [1.54, 1.807) is 11.3 Å². The number of rotatable bonds is 9. The van der Waals surface area contributed by atoms with Gasteiger partial charge < -0.3 is 24.7 Å². The highest BCUT2D eigenvalue weighted by Gasteiger charge is 2.51. The topological polar surface area (TPSA) is 193 Å². The SMILES string of the molecule is COC(=O)c1sc(-c2ccc(-c3cc4nc(C)cc(C)n4n3)cc2)cc1C1=C(C2CCC(C)CC2)CN(C)CC1.Cc1cc(C)n2nc(-c3ccc(B4OC(C)(C)C(C)(C)O4)cc3)cc2n1.Cc1cc(C)n2nc(-c3ccc(Br)cc3)cc2n1.Nc1cc(-c2ccc(Br)cc2)[nH]n1. The number of nitrogens with zero attached hydrogens (tertiary/aromatic N) is 11. The number of aromatic amines is 1. The molecule has 0 radical (unpaired) electrons. The Hall–Kier alpha value is -8.44. The average Bonchev–Trinajstić information content (AvgIpc) is 1.67. The number of nitrogen functional groups attached to an aromatic ring is 1. The summed E-state index contributed by atoms with van der Waals surface area (Å²) in [6.07, 6.45) is 6.04. The molecule has 3 aliphatic rings. The van der Waals surface area contributed by atoms with Gasteiger partial charge in [0, 0.05) is 108 Å². The lowest BCUT2D eigenvalue weighted by Gasteiger charge is -2.35. The number of nitrogens with one attached hydrogen (secondary N) is 1. The van der Waals surface area contributed by atoms with E-state index in [0.717, 1.165) is 157 Å². The second-order valence-electron chi connectivity index (χ2n) is 26.8. The van der Waals surface area contributed by atoms with E-state index in [1.807, 2.05) is 151 Å². The van der Waals surface area contributed by atoms with Gasteiger partial charge in [-0.15, -0.1) is 11.3 Å². The van der Waals surface area contributed by atoms with Crippen LogP contribution in [0.5, 0.6) is 0 Å². The van der Waals surface area contributed by atoms with E-state index in [-0.39, 0.29) is 24.3 Å². The summed E-state index contributed by atoms with van der Waals surface area (Å²) in [5, 5.41) is 20.8. The lowest BCUT2D eigenvalue weighted by molar-refractivity contribution is 0.00578. The molecule has 1 aliphatic carbocycles. The van der Waals surface area contributed by atoms with Crippen molar-refractivity contribution in [2.75, 3.05) is 33.0 Å². The second-order valence-corrected chi connectivity index (χ2v) is 29.7. The number of H-pyrrole nitrogens is 1. The number of esters is 1. The fourth-order valence-corrected chi connectivity index (χ4v) is 14.5. The third-order valence-electron chi connectivity index (χ3n) is 18.8. The van der Waals surface area contributed by atoms with E-state index in [1.165, 1.54) is 43.9 Å². The first-order chi connectivity index (χ1) is 46.3. The molecule has 15 rings (SSSR count). The molecule has 3 N–H and O–H groups in total. The second kappa shape index (κ2) is 28.6. The van der Waals surface area contributed by atoms with Gasteiger partial charge in [0.05, 0.1) is 41.1 Å². The number of ether oxygens (including phenoxy) is 1. The fraction of sp³-hybridized carbons (Fsp3) is 0.316. The molecule has 0 bridgehead atoms. The summed E-state index contributed by atoms with van der Waals surface area (Å²) in [6.45, 7) is 24.8. The molecular weight excluding hydrogens is 1360 g/mol. The molecule has 1 saturated heterocycles. The van der Waals surface area contributed by atoms with Crippen molar-refractivity contribution < 1.29 is 18.8 Å². The van der Waals surface area contributed by atoms with Crippen LogP contribution in [0.25, 0.3) is 78.0 Å². The van der Waals surface area contributed by atoms with Crippen LogP contribution in [0.3, 0.4) is 0 Å². The van der Waals surface area contributed by atoms with Gasteiger partial charge in [-0.1, -0.05) is 124 Å². The van der Waals surface area contributed by atoms with Gasteiger partial charge >= 0.3 is 13.1 Å². The zero-order valence-corrected chi connectivity index (χ0v) is 61.3. The van der Waals surface area contributed by atoms with Crippen molar-refractivity contribution in [3.05, 3.63) is 205 Å². The third-order valence-corrected chi connectivity index (χ3v) is 21.0. The Labute approximate surface area is 588 Å². The molecule has 4 aromatic carbocycles. The minimum absolute atomic E-state index is 0.242. The maximum atomic E-state index is 13.0. The Bertz CT molecular complexity index is 4840. The van der Waals surface area contributed by atoms with Gasteiger partial charge in [0.15, 0.2) is 16.9 Å². The van der Waals surface area contributed by atoms with Gasteiger partial charge in [0.25, 0.3) is 0 Å². The third kappa shape index (κ3) is 15.3. The van der Waals surface area contributed by atoms with E-state index in [4.69, 9.17) is 24.9 Å². The lowest BCUT2D eigenvalue weighted by atomic mass is 9.75. The van der Waals surface area contributed by atoms with Crippen molar-refractivity contribution in [2.24, 2.45) is 11.8 Å². The zero-order valence-electron chi connectivity index (χ0n) is 57.3. The molecule has 2 fully saturated rings. The summed E-state index contributed by atoms with van der Waals surface area (Å²) >= 11 is 8.35. The van der Waals surface area contributed by atoms with E-state index < -0.39 is 0 Å². The number of halogens is 2. The number of hydrogen-bond donors (Lipinski definition) is 2. The maximum Gasteiger partial charge on any atom is 0.494 e.